The van der Waals surface area contributed by atoms with E-state index in [1.54, 1.807) is 30.9 Å². The Labute approximate surface area is 335 Å². The summed E-state index contributed by atoms with van der Waals surface area (Å²) in [7, 11) is -2.65. The quantitative estimate of drug-likeness (QED) is 0.295. The van der Waals surface area contributed by atoms with Crippen molar-refractivity contribution < 1.29 is 35.9 Å². The van der Waals surface area contributed by atoms with E-state index in [1.165, 1.54) is 30.2 Å². The average Bonchev–Trinajstić information content (AvgIpc) is 3.62. The Kier molecular flexibility index (Phi) is 11.9. The van der Waals surface area contributed by atoms with Gasteiger partial charge in [-0.15, -0.1) is 0 Å². The van der Waals surface area contributed by atoms with Crippen LogP contribution in [0.1, 0.15) is 70.8 Å². The largest absolute Gasteiger partial charge is 0.453 e. The number of halogens is 3. The molecule has 1 saturated carbocycles. The molecule has 7 rings (SSSR count). The molecule has 0 radical (unpaired) electrons. The molecule has 310 valence electrons. The number of nitrogens with zero attached hydrogens (tertiary/aromatic N) is 4. The molecule has 57 heavy (non-hydrogen) atoms. The first-order valence-corrected chi connectivity index (χ1v) is 21.9. The van der Waals surface area contributed by atoms with Crippen molar-refractivity contribution in [3.05, 3.63) is 59.7 Å². The number of alkyl halides is 1. The van der Waals surface area contributed by atoms with Crippen molar-refractivity contribution in [2.24, 2.45) is 11.8 Å². The van der Waals surface area contributed by atoms with E-state index in [9.17, 15) is 18.0 Å². The van der Waals surface area contributed by atoms with Crippen molar-refractivity contribution in [1.29, 1.82) is 0 Å². The van der Waals surface area contributed by atoms with Crippen molar-refractivity contribution in [1.82, 2.24) is 20.0 Å². The Morgan fingerprint density at radius 1 is 0.947 bits per heavy atom. The maximum atomic E-state index is 16.4. The third kappa shape index (κ3) is 8.13. The minimum Gasteiger partial charge on any atom is -0.453 e. The summed E-state index contributed by atoms with van der Waals surface area (Å²) in [6.45, 7) is 7.71. The van der Waals surface area contributed by atoms with Crippen molar-refractivity contribution in [3.8, 4) is 11.8 Å². The fourth-order valence-electron chi connectivity index (χ4n) is 10.6. The summed E-state index contributed by atoms with van der Waals surface area (Å²) in [5.41, 5.74) is -0.887. The fourth-order valence-corrected chi connectivity index (χ4v) is 12.4. The third-order valence-corrected chi connectivity index (χ3v) is 16.1. The Balaban J connectivity index is 1.02. The smallest absolute Gasteiger partial charge is 0.407 e. The fraction of sp³-hybridized carbons (Fsp3) is 0.628. The van der Waals surface area contributed by atoms with Crippen molar-refractivity contribution in [2.75, 3.05) is 77.5 Å². The molecule has 0 aromatic heterocycles. The van der Waals surface area contributed by atoms with Crippen molar-refractivity contribution >= 4 is 27.5 Å². The zero-order valence-electron chi connectivity index (χ0n) is 33.4. The Hall–Kier alpha value is -3.80. The van der Waals surface area contributed by atoms with Crippen LogP contribution < -0.4 is 10.2 Å². The lowest BCUT2D eigenvalue weighted by Crippen LogP contribution is -2.65. The normalized spacial score (nSPS) is 26.7. The van der Waals surface area contributed by atoms with Crippen molar-refractivity contribution in [2.45, 2.75) is 92.0 Å². The van der Waals surface area contributed by atoms with Gasteiger partial charge in [0.05, 0.1) is 35.5 Å². The number of anilines is 1. The van der Waals surface area contributed by atoms with Gasteiger partial charge >= 0.3 is 6.09 Å². The van der Waals surface area contributed by atoms with Crippen LogP contribution in [-0.4, -0.2) is 124 Å². The first-order valence-electron chi connectivity index (χ1n) is 20.5. The number of hydrogen-bond acceptors (Lipinski definition) is 8. The second-order valence-corrected chi connectivity index (χ2v) is 19.8. The minimum absolute atomic E-state index is 0.0195. The zero-order valence-corrected chi connectivity index (χ0v) is 34.2. The summed E-state index contributed by atoms with van der Waals surface area (Å²) >= 11 is 0. The van der Waals surface area contributed by atoms with E-state index in [0.29, 0.717) is 32.5 Å². The number of likely N-dealkylation sites (tertiary alicyclic amines) is 3. The van der Waals surface area contributed by atoms with Crippen LogP contribution in [0.2, 0.25) is 0 Å². The molecule has 4 aliphatic heterocycles. The zero-order chi connectivity index (χ0) is 40.6. The van der Waals surface area contributed by atoms with Gasteiger partial charge in [0, 0.05) is 37.6 Å². The minimum atomic E-state index is -4.02. The van der Waals surface area contributed by atoms with Crippen LogP contribution in [-0.2, 0) is 24.8 Å². The molecule has 10 nitrogen and oxygen atoms in total. The molecule has 2 aromatic carbocycles. The molecule has 1 unspecified atom stereocenters. The summed E-state index contributed by atoms with van der Waals surface area (Å²) in [4.78, 5) is 32.4. The van der Waals surface area contributed by atoms with Crippen LogP contribution in [0.3, 0.4) is 0 Å². The summed E-state index contributed by atoms with van der Waals surface area (Å²) in [5, 5.41) is 3.12. The molecule has 2 aromatic rings. The van der Waals surface area contributed by atoms with Gasteiger partial charge in [0.1, 0.15) is 11.6 Å². The Morgan fingerprint density at radius 2 is 1.70 bits per heavy atom. The maximum absolute atomic E-state index is 16.4. The van der Waals surface area contributed by atoms with Gasteiger partial charge < -0.3 is 24.8 Å². The van der Waals surface area contributed by atoms with Gasteiger partial charge in [-0.1, -0.05) is 24.5 Å². The van der Waals surface area contributed by atoms with E-state index in [0.717, 1.165) is 69.8 Å². The van der Waals surface area contributed by atoms with E-state index in [4.69, 9.17) is 4.74 Å². The van der Waals surface area contributed by atoms with E-state index in [1.807, 2.05) is 6.07 Å². The highest BCUT2D eigenvalue weighted by Gasteiger charge is 2.54. The number of carbonyl (C=O) groups excluding carboxylic acids is 2. The van der Waals surface area contributed by atoms with Crippen LogP contribution >= 0.6 is 0 Å². The second-order valence-electron chi connectivity index (χ2n) is 17.3. The lowest BCUT2D eigenvalue weighted by atomic mass is 9.57. The highest BCUT2D eigenvalue weighted by atomic mass is 32.2. The molecule has 4 atom stereocenters. The number of nitrogens with one attached hydrogen (secondary N) is 1. The number of piperidine rings is 2. The van der Waals surface area contributed by atoms with Gasteiger partial charge in [0.25, 0.3) is 5.91 Å². The Morgan fingerprint density at radius 3 is 2.35 bits per heavy atom. The molecule has 5 fully saturated rings. The summed E-state index contributed by atoms with van der Waals surface area (Å²) < 4.78 is 78.4. The number of alkyl carbamates (subject to hydrolysis) is 1. The van der Waals surface area contributed by atoms with Gasteiger partial charge in [-0.2, -0.15) is 0 Å². The SMILES string of the molecule is CC#CC(=O)N1CCC[C@@](C)(S(=O)(=O)c2ccc(N3CC(F)(CN4CCC(C(CN5CCC5)(c5cccc(F)c5)[C@H]5CCC[C@@H]5NC(=O)OC)CC4)C3)c(F)c2)C1. The van der Waals surface area contributed by atoms with Gasteiger partial charge in [-0.05, 0) is 139 Å². The monoisotopic (exact) mass is 811 g/mol. The van der Waals surface area contributed by atoms with Gasteiger partial charge in [0.15, 0.2) is 15.5 Å². The molecular formula is C43H56F3N5O5S. The number of hydrogen-bond donors (Lipinski definition) is 1. The molecule has 5 aliphatic rings. The molecule has 2 amide bonds. The summed E-state index contributed by atoms with van der Waals surface area (Å²) in [6, 6.07) is 10.7. The summed E-state index contributed by atoms with van der Waals surface area (Å²) in [5.74, 6) is 3.85. The standard InChI is InChI=1S/C43H56F3N5O5S/c1-4-9-39(52)50-21-7-18-41(2,26-50)57(54,55)34-14-15-38(36(45)25-34)51-28-42(46,29-51)27-49-22-16-31(17-23-49)43(30-48-19-8-20-48,32-10-5-11-33(44)24-32)35-12-6-13-37(35)47-40(53)56-3/h5,10-11,14-15,24-25,31,35,37H,6-8,12-13,16-23,26-30H2,1-3H3,(H,47,53)/t35-,37-,41+,43?/m0/s1. The number of amides is 2. The summed E-state index contributed by atoms with van der Waals surface area (Å²) in [6.07, 6.45) is 5.72. The van der Waals surface area contributed by atoms with E-state index < -0.39 is 43.5 Å². The van der Waals surface area contributed by atoms with Crippen LogP contribution in [0.25, 0.3) is 0 Å². The molecule has 1 aliphatic carbocycles. The number of carbonyl (C=O) groups is 2. The molecule has 1 N–H and O–H groups in total. The molecule has 4 heterocycles. The predicted octanol–water partition coefficient (Wildman–Crippen LogP) is 5.55. The van der Waals surface area contributed by atoms with E-state index >= 15 is 13.2 Å². The van der Waals surface area contributed by atoms with Gasteiger partial charge in [-0.25, -0.2) is 26.4 Å². The number of methoxy groups -OCH3 is 1. The second kappa shape index (κ2) is 16.5. The molecular weight excluding hydrogens is 756 g/mol. The first kappa shape index (κ1) is 41.4. The first-order chi connectivity index (χ1) is 27.2. The van der Waals surface area contributed by atoms with Crippen LogP contribution in [0, 0.1) is 35.3 Å². The van der Waals surface area contributed by atoms with Gasteiger partial charge in [0.2, 0.25) is 0 Å². The van der Waals surface area contributed by atoms with E-state index in [-0.39, 0.29) is 60.5 Å². The average molecular weight is 812 g/mol. The van der Waals surface area contributed by atoms with Crippen molar-refractivity contribution in [3.63, 3.8) is 0 Å². The predicted molar refractivity (Wildman–Crippen MR) is 212 cm³/mol. The topological polar surface area (TPSA) is 103 Å². The maximum Gasteiger partial charge on any atom is 0.407 e. The highest BCUT2D eigenvalue weighted by molar-refractivity contribution is 7.92. The number of ether oxygens (including phenoxy) is 1. The molecule has 0 bridgehead atoms. The lowest BCUT2D eigenvalue weighted by molar-refractivity contribution is -0.126. The van der Waals surface area contributed by atoms with E-state index in [2.05, 4.69) is 27.0 Å². The number of sulfone groups is 1. The molecule has 0 spiro atoms. The lowest BCUT2D eigenvalue weighted by Gasteiger charge is -2.54. The number of benzene rings is 2. The molecule has 14 heteroatoms. The van der Waals surface area contributed by atoms with Crippen LogP contribution in [0.4, 0.5) is 23.7 Å². The van der Waals surface area contributed by atoms with Crippen LogP contribution in [0.15, 0.2) is 47.4 Å². The Bertz CT molecular complexity index is 1990. The van der Waals surface area contributed by atoms with Gasteiger partial charge in [-0.3, -0.25) is 9.69 Å². The number of rotatable bonds is 11. The molecule has 4 saturated heterocycles. The highest BCUT2D eigenvalue weighted by Crippen LogP contribution is 2.52. The third-order valence-electron chi connectivity index (χ3n) is 13.6. The van der Waals surface area contributed by atoms with Crippen LogP contribution in [0.5, 0.6) is 0 Å².